The highest BCUT2D eigenvalue weighted by Gasteiger charge is 2.38. The molecule has 0 radical (unpaired) electrons. The number of aromatic nitrogens is 2. The van der Waals surface area contributed by atoms with Gasteiger partial charge in [-0.1, -0.05) is 6.07 Å². The third kappa shape index (κ3) is 1.06. The highest BCUT2D eigenvalue weighted by molar-refractivity contribution is 5.41. The van der Waals surface area contributed by atoms with E-state index in [0.717, 1.165) is 12.2 Å². The first-order valence-electron chi connectivity index (χ1n) is 5.02. The number of pyridine rings is 1. The van der Waals surface area contributed by atoms with Crippen molar-refractivity contribution in [3.63, 3.8) is 0 Å². The van der Waals surface area contributed by atoms with Gasteiger partial charge in [0.05, 0.1) is 0 Å². The lowest BCUT2D eigenvalue weighted by atomic mass is 10.2. The van der Waals surface area contributed by atoms with Gasteiger partial charge in [-0.05, 0) is 31.0 Å². The van der Waals surface area contributed by atoms with Gasteiger partial charge in [-0.2, -0.15) is 0 Å². The first-order valence-corrected chi connectivity index (χ1v) is 5.02. The minimum Gasteiger partial charge on any atom is -0.330 e. The van der Waals surface area contributed by atoms with Gasteiger partial charge in [-0.25, -0.2) is 4.98 Å². The van der Waals surface area contributed by atoms with Crippen LogP contribution in [0.5, 0.6) is 0 Å². The summed E-state index contributed by atoms with van der Waals surface area (Å²) in [5.74, 6) is 1.31. The number of hydrogen-bond acceptors (Lipinski definition) is 2. The average molecular weight is 187 g/mol. The van der Waals surface area contributed by atoms with Crippen molar-refractivity contribution in [2.24, 2.45) is 11.7 Å². The van der Waals surface area contributed by atoms with Crippen LogP contribution >= 0.6 is 0 Å². The molecule has 2 N–H and O–H groups in total. The summed E-state index contributed by atoms with van der Waals surface area (Å²) in [6, 6.07) is 6.08. The summed E-state index contributed by atoms with van der Waals surface area (Å²) >= 11 is 0. The number of hydrogen-bond donors (Lipinski definition) is 1. The molecule has 1 fully saturated rings. The summed E-state index contributed by atoms with van der Waals surface area (Å²) in [6.07, 6.45) is 5.28. The maximum Gasteiger partial charge on any atom is 0.136 e. The molecular weight excluding hydrogens is 174 g/mol. The predicted octanol–water partition coefficient (Wildman–Crippen LogP) is 1.40. The Morgan fingerprint density at radius 3 is 3.21 bits per heavy atom. The van der Waals surface area contributed by atoms with Crippen molar-refractivity contribution in [1.29, 1.82) is 0 Å². The molecule has 3 nitrogen and oxygen atoms in total. The lowest BCUT2D eigenvalue weighted by Gasteiger charge is -1.98. The maximum absolute atomic E-state index is 5.64. The van der Waals surface area contributed by atoms with E-state index in [1.165, 1.54) is 12.1 Å². The largest absolute Gasteiger partial charge is 0.330 e. The van der Waals surface area contributed by atoms with Gasteiger partial charge in [-0.15, -0.1) is 0 Å². The van der Waals surface area contributed by atoms with Gasteiger partial charge in [0.15, 0.2) is 0 Å². The quantitative estimate of drug-likeness (QED) is 0.772. The second-order valence-electron chi connectivity index (χ2n) is 3.95. The van der Waals surface area contributed by atoms with E-state index in [9.17, 15) is 0 Å². The van der Waals surface area contributed by atoms with E-state index in [1.54, 1.807) is 0 Å². The van der Waals surface area contributed by atoms with Gasteiger partial charge in [0.1, 0.15) is 5.65 Å². The van der Waals surface area contributed by atoms with E-state index in [0.29, 0.717) is 11.8 Å². The normalized spacial score (nSPS) is 25.5. The number of fused-ring (bicyclic) bond motifs is 1. The minimum atomic E-state index is 0.636. The van der Waals surface area contributed by atoms with E-state index >= 15 is 0 Å². The van der Waals surface area contributed by atoms with Crippen molar-refractivity contribution in [3.05, 3.63) is 36.3 Å². The number of imidazole rings is 1. The third-order valence-electron chi connectivity index (χ3n) is 3.05. The van der Waals surface area contributed by atoms with Crippen molar-refractivity contribution in [2.75, 3.05) is 6.54 Å². The fraction of sp³-hybridized carbons (Fsp3) is 0.364. The molecule has 2 atom stereocenters. The molecule has 2 heterocycles. The van der Waals surface area contributed by atoms with Gasteiger partial charge >= 0.3 is 0 Å². The summed E-state index contributed by atoms with van der Waals surface area (Å²) in [6.45, 7) is 0.796. The Labute approximate surface area is 82.6 Å². The summed E-state index contributed by atoms with van der Waals surface area (Å²) in [5.41, 5.74) is 7.99. The second kappa shape index (κ2) is 2.82. The molecule has 2 aromatic rings. The van der Waals surface area contributed by atoms with Crippen LogP contribution in [0, 0.1) is 5.92 Å². The smallest absolute Gasteiger partial charge is 0.136 e. The third-order valence-corrected chi connectivity index (χ3v) is 3.05. The molecular formula is C11H13N3. The highest BCUT2D eigenvalue weighted by Crippen LogP contribution is 2.46. The maximum atomic E-state index is 5.64. The molecule has 14 heavy (non-hydrogen) atoms. The molecule has 3 heteroatoms. The fourth-order valence-electron chi connectivity index (χ4n) is 2.10. The van der Waals surface area contributed by atoms with Crippen molar-refractivity contribution >= 4 is 5.65 Å². The van der Waals surface area contributed by atoms with Crippen LogP contribution in [0.15, 0.2) is 30.6 Å². The van der Waals surface area contributed by atoms with E-state index in [4.69, 9.17) is 5.73 Å². The zero-order chi connectivity index (χ0) is 9.54. The van der Waals surface area contributed by atoms with Gasteiger partial charge in [0.2, 0.25) is 0 Å². The van der Waals surface area contributed by atoms with Gasteiger partial charge in [0, 0.05) is 24.0 Å². The van der Waals surface area contributed by atoms with Crippen LogP contribution in [0.2, 0.25) is 0 Å². The first-order chi connectivity index (χ1) is 6.90. The Kier molecular flexibility index (Phi) is 1.61. The van der Waals surface area contributed by atoms with Crippen LogP contribution in [-0.2, 0) is 0 Å². The fourth-order valence-corrected chi connectivity index (χ4v) is 2.10. The monoisotopic (exact) mass is 187 g/mol. The lowest BCUT2D eigenvalue weighted by molar-refractivity contribution is 0.792. The molecule has 2 aromatic heterocycles. The summed E-state index contributed by atoms with van der Waals surface area (Å²) < 4.78 is 2.17. The summed E-state index contributed by atoms with van der Waals surface area (Å²) in [7, 11) is 0. The van der Waals surface area contributed by atoms with Crippen LogP contribution in [0.25, 0.3) is 5.65 Å². The number of nitrogens with two attached hydrogens (primary N) is 1. The standard InChI is InChI=1S/C11H13N3/c12-6-8-5-9(8)10-7-13-11-3-1-2-4-14(10)11/h1-4,7-9H,5-6,12H2/t8-,9+/m0/s1. The van der Waals surface area contributed by atoms with E-state index in [1.807, 2.05) is 24.4 Å². The topological polar surface area (TPSA) is 43.3 Å². The average Bonchev–Trinajstić information content (AvgIpc) is 2.90. The molecule has 0 bridgehead atoms. The van der Waals surface area contributed by atoms with Gasteiger partial charge in [0.25, 0.3) is 0 Å². The lowest BCUT2D eigenvalue weighted by Crippen LogP contribution is -2.02. The minimum absolute atomic E-state index is 0.636. The predicted molar refractivity (Wildman–Crippen MR) is 55.1 cm³/mol. The number of rotatable bonds is 2. The van der Waals surface area contributed by atoms with Crippen LogP contribution < -0.4 is 5.73 Å². The van der Waals surface area contributed by atoms with Crippen molar-refractivity contribution in [3.8, 4) is 0 Å². The molecule has 0 aliphatic heterocycles. The molecule has 72 valence electrons. The van der Waals surface area contributed by atoms with Crippen molar-refractivity contribution in [2.45, 2.75) is 12.3 Å². The molecule has 0 spiro atoms. The molecule has 0 unspecified atom stereocenters. The van der Waals surface area contributed by atoms with Gasteiger partial charge in [-0.3, -0.25) is 0 Å². The van der Waals surface area contributed by atoms with E-state index < -0.39 is 0 Å². The van der Waals surface area contributed by atoms with Crippen LogP contribution in [-0.4, -0.2) is 15.9 Å². The molecule has 3 rings (SSSR count). The van der Waals surface area contributed by atoms with Crippen molar-refractivity contribution in [1.82, 2.24) is 9.38 Å². The van der Waals surface area contributed by atoms with Gasteiger partial charge < -0.3 is 10.1 Å². The molecule has 0 saturated heterocycles. The molecule has 0 aromatic carbocycles. The zero-order valence-electron chi connectivity index (χ0n) is 7.93. The van der Waals surface area contributed by atoms with Crippen LogP contribution in [0.3, 0.4) is 0 Å². The molecule has 1 aliphatic carbocycles. The Balaban J connectivity index is 2.06. The summed E-state index contributed by atoms with van der Waals surface area (Å²) in [5, 5.41) is 0. The Morgan fingerprint density at radius 2 is 2.43 bits per heavy atom. The Morgan fingerprint density at radius 1 is 1.50 bits per heavy atom. The Hall–Kier alpha value is -1.35. The van der Waals surface area contributed by atoms with E-state index in [-0.39, 0.29) is 0 Å². The SMILES string of the molecule is NC[C@@H]1C[C@H]1c1cnc2ccccn12. The van der Waals surface area contributed by atoms with Crippen LogP contribution in [0.4, 0.5) is 0 Å². The zero-order valence-corrected chi connectivity index (χ0v) is 7.93. The number of nitrogens with zero attached hydrogens (tertiary/aromatic N) is 2. The second-order valence-corrected chi connectivity index (χ2v) is 3.95. The molecule has 1 aliphatic rings. The molecule has 0 amide bonds. The molecule has 1 saturated carbocycles. The first kappa shape index (κ1) is 8.00. The van der Waals surface area contributed by atoms with Crippen molar-refractivity contribution < 1.29 is 0 Å². The van der Waals surface area contributed by atoms with Crippen LogP contribution in [0.1, 0.15) is 18.0 Å². The highest BCUT2D eigenvalue weighted by atomic mass is 15.0. The Bertz CT molecular complexity index is 460. The summed E-state index contributed by atoms with van der Waals surface area (Å²) in [4.78, 5) is 4.37. The van der Waals surface area contributed by atoms with E-state index in [2.05, 4.69) is 15.6 Å².